The standard InChI is InChI=1S/C16H10Cl2N2O4/c17-10-4-3-9(13(18)7-10)6-12-14(21)19-16(23)20(15(12)22)8-11-2-1-5-24-11/h1-7H,8H2,(H,19,21,23). The van der Waals surface area contributed by atoms with Crippen molar-refractivity contribution in [2.75, 3.05) is 0 Å². The lowest BCUT2D eigenvalue weighted by Crippen LogP contribution is -2.53. The second-order valence-corrected chi connectivity index (χ2v) is 5.80. The molecule has 6 nitrogen and oxygen atoms in total. The van der Waals surface area contributed by atoms with E-state index in [1.165, 1.54) is 18.4 Å². The van der Waals surface area contributed by atoms with Crippen molar-refractivity contribution >= 4 is 47.1 Å². The third-order valence-electron chi connectivity index (χ3n) is 3.34. The molecule has 1 aromatic heterocycles. The summed E-state index contributed by atoms with van der Waals surface area (Å²) in [6, 6.07) is 7.10. The average molecular weight is 365 g/mol. The minimum Gasteiger partial charge on any atom is -0.467 e. The highest BCUT2D eigenvalue weighted by molar-refractivity contribution is 6.36. The lowest BCUT2D eigenvalue weighted by atomic mass is 10.1. The van der Waals surface area contributed by atoms with Crippen LogP contribution in [0.4, 0.5) is 4.79 Å². The van der Waals surface area contributed by atoms with Crippen molar-refractivity contribution in [2.24, 2.45) is 0 Å². The number of nitrogens with zero attached hydrogens (tertiary/aromatic N) is 1. The third kappa shape index (κ3) is 3.20. The molecule has 0 spiro atoms. The molecule has 1 aliphatic rings. The van der Waals surface area contributed by atoms with Crippen LogP contribution in [0.5, 0.6) is 0 Å². The van der Waals surface area contributed by atoms with Gasteiger partial charge in [-0.05, 0) is 35.9 Å². The largest absolute Gasteiger partial charge is 0.467 e. The van der Waals surface area contributed by atoms with Crippen LogP contribution in [-0.4, -0.2) is 22.7 Å². The number of amides is 4. The topological polar surface area (TPSA) is 79.6 Å². The quantitative estimate of drug-likeness (QED) is 0.669. The maximum Gasteiger partial charge on any atom is 0.331 e. The molecule has 0 saturated carbocycles. The van der Waals surface area contributed by atoms with Crippen LogP contribution in [0, 0.1) is 0 Å². The summed E-state index contributed by atoms with van der Waals surface area (Å²) in [4.78, 5) is 37.3. The Bertz CT molecular complexity index is 859. The first-order chi connectivity index (χ1) is 11.5. The zero-order valence-electron chi connectivity index (χ0n) is 12.1. The molecule has 1 N–H and O–H groups in total. The lowest BCUT2D eigenvalue weighted by molar-refractivity contribution is -0.130. The highest BCUT2D eigenvalue weighted by Gasteiger charge is 2.36. The van der Waals surface area contributed by atoms with E-state index in [1.54, 1.807) is 24.3 Å². The van der Waals surface area contributed by atoms with Crippen molar-refractivity contribution in [3.05, 3.63) is 63.5 Å². The second-order valence-electron chi connectivity index (χ2n) is 4.95. The van der Waals surface area contributed by atoms with E-state index in [0.717, 1.165) is 4.90 Å². The summed E-state index contributed by atoms with van der Waals surface area (Å²) < 4.78 is 5.13. The van der Waals surface area contributed by atoms with Crippen LogP contribution in [0.3, 0.4) is 0 Å². The Kier molecular flexibility index (Phi) is 4.42. The summed E-state index contributed by atoms with van der Waals surface area (Å²) in [6.07, 6.45) is 2.74. The summed E-state index contributed by atoms with van der Waals surface area (Å²) in [5.41, 5.74) is 0.234. The fourth-order valence-corrected chi connectivity index (χ4v) is 2.63. The van der Waals surface area contributed by atoms with Crippen molar-refractivity contribution in [2.45, 2.75) is 6.54 Å². The van der Waals surface area contributed by atoms with Crippen LogP contribution in [0.2, 0.25) is 10.0 Å². The molecule has 0 aliphatic carbocycles. The zero-order valence-corrected chi connectivity index (χ0v) is 13.6. The van der Waals surface area contributed by atoms with Crippen molar-refractivity contribution in [1.82, 2.24) is 10.2 Å². The van der Waals surface area contributed by atoms with Gasteiger partial charge < -0.3 is 4.42 Å². The van der Waals surface area contributed by atoms with Crippen LogP contribution in [0.1, 0.15) is 11.3 Å². The van der Waals surface area contributed by atoms with E-state index < -0.39 is 17.8 Å². The van der Waals surface area contributed by atoms with Gasteiger partial charge in [-0.1, -0.05) is 29.3 Å². The number of carbonyl (C=O) groups excluding carboxylic acids is 3. The number of halogens is 2. The van der Waals surface area contributed by atoms with Gasteiger partial charge in [-0.25, -0.2) is 4.79 Å². The second kappa shape index (κ2) is 6.51. The van der Waals surface area contributed by atoms with Crippen LogP contribution >= 0.6 is 23.2 Å². The molecule has 4 amide bonds. The van der Waals surface area contributed by atoms with E-state index in [-0.39, 0.29) is 17.1 Å². The van der Waals surface area contributed by atoms with E-state index in [4.69, 9.17) is 27.6 Å². The van der Waals surface area contributed by atoms with E-state index in [9.17, 15) is 14.4 Å². The van der Waals surface area contributed by atoms with Crippen LogP contribution in [0.25, 0.3) is 6.08 Å². The average Bonchev–Trinajstić information content (AvgIpc) is 3.03. The van der Waals surface area contributed by atoms with Crippen LogP contribution < -0.4 is 5.32 Å². The number of barbiturate groups is 1. The molecule has 3 rings (SSSR count). The molecule has 2 heterocycles. The smallest absolute Gasteiger partial charge is 0.331 e. The van der Waals surface area contributed by atoms with E-state index >= 15 is 0 Å². The summed E-state index contributed by atoms with van der Waals surface area (Å²) in [6.45, 7) is -0.0867. The summed E-state index contributed by atoms with van der Waals surface area (Å²) in [5.74, 6) is -1.10. The molecule has 0 unspecified atom stereocenters. The van der Waals surface area contributed by atoms with Gasteiger partial charge in [0.1, 0.15) is 11.3 Å². The molecule has 122 valence electrons. The Morgan fingerprint density at radius 2 is 1.96 bits per heavy atom. The number of rotatable bonds is 3. The fraction of sp³-hybridized carbons (Fsp3) is 0.0625. The molecule has 1 aliphatic heterocycles. The third-order valence-corrected chi connectivity index (χ3v) is 3.90. The Morgan fingerprint density at radius 3 is 2.62 bits per heavy atom. The number of benzene rings is 1. The Morgan fingerprint density at radius 1 is 1.17 bits per heavy atom. The normalized spacial score (nSPS) is 16.7. The number of carbonyl (C=O) groups is 3. The lowest BCUT2D eigenvalue weighted by Gasteiger charge is -2.25. The van der Waals surface area contributed by atoms with Gasteiger partial charge in [-0.15, -0.1) is 0 Å². The first-order valence-electron chi connectivity index (χ1n) is 6.82. The van der Waals surface area contributed by atoms with Crippen molar-refractivity contribution in [3.63, 3.8) is 0 Å². The van der Waals surface area contributed by atoms with Crippen LogP contribution in [0.15, 0.2) is 46.6 Å². The van der Waals surface area contributed by atoms with Crippen molar-refractivity contribution in [3.8, 4) is 0 Å². The molecule has 1 saturated heterocycles. The van der Waals surface area contributed by atoms with E-state index in [1.807, 2.05) is 0 Å². The van der Waals surface area contributed by atoms with Crippen LogP contribution in [-0.2, 0) is 16.1 Å². The predicted molar refractivity (Wildman–Crippen MR) is 87.2 cm³/mol. The van der Waals surface area contributed by atoms with Gasteiger partial charge in [0.05, 0.1) is 12.8 Å². The summed E-state index contributed by atoms with van der Waals surface area (Å²) in [5, 5.41) is 2.83. The molecule has 0 radical (unpaired) electrons. The number of nitrogens with one attached hydrogen (secondary N) is 1. The van der Waals surface area contributed by atoms with Gasteiger partial charge in [-0.2, -0.15) is 0 Å². The minimum atomic E-state index is -0.805. The first-order valence-corrected chi connectivity index (χ1v) is 7.57. The Hall–Kier alpha value is -2.57. The van der Waals surface area contributed by atoms with E-state index in [2.05, 4.69) is 5.32 Å². The highest BCUT2D eigenvalue weighted by Crippen LogP contribution is 2.24. The SMILES string of the molecule is O=C1NC(=O)N(Cc2ccco2)C(=O)C1=Cc1ccc(Cl)cc1Cl. The Labute approximate surface area is 146 Å². The molecule has 0 atom stereocenters. The fourth-order valence-electron chi connectivity index (χ4n) is 2.17. The molecule has 1 fully saturated rings. The monoisotopic (exact) mass is 364 g/mol. The number of imide groups is 2. The molecular weight excluding hydrogens is 355 g/mol. The maximum absolute atomic E-state index is 12.5. The van der Waals surface area contributed by atoms with E-state index in [0.29, 0.717) is 16.3 Å². The van der Waals surface area contributed by atoms with Gasteiger partial charge in [0.25, 0.3) is 11.8 Å². The van der Waals surface area contributed by atoms with Gasteiger partial charge in [0, 0.05) is 10.0 Å². The van der Waals surface area contributed by atoms with Gasteiger partial charge in [-0.3, -0.25) is 19.8 Å². The number of furan rings is 1. The summed E-state index contributed by atoms with van der Waals surface area (Å²) in [7, 11) is 0. The molecule has 0 bridgehead atoms. The molecular formula is C16H10Cl2N2O4. The predicted octanol–water partition coefficient (Wildman–Crippen LogP) is 3.25. The highest BCUT2D eigenvalue weighted by atomic mass is 35.5. The molecule has 1 aromatic carbocycles. The first kappa shape index (κ1) is 16.3. The van der Waals surface area contributed by atoms with Crippen molar-refractivity contribution < 1.29 is 18.8 Å². The number of urea groups is 1. The van der Waals surface area contributed by atoms with Gasteiger partial charge in [0.2, 0.25) is 0 Å². The number of hydrogen-bond donors (Lipinski definition) is 1. The molecule has 2 aromatic rings. The summed E-state index contributed by atoms with van der Waals surface area (Å²) >= 11 is 11.9. The van der Waals surface area contributed by atoms with Crippen molar-refractivity contribution in [1.29, 1.82) is 0 Å². The van der Waals surface area contributed by atoms with Gasteiger partial charge >= 0.3 is 6.03 Å². The van der Waals surface area contributed by atoms with Gasteiger partial charge in [0.15, 0.2) is 0 Å². The maximum atomic E-state index is 12.5. The molecule has 24 heavy (non-hydrogen) atoms. The minimum absolute atomic E-state index is 0.0867. The Balaban J connectivity index is 1.94. The number of hydrogen-bond acceptors (Lipinski definition) is 4. The zero-order chi connectivity index (χ0) is 17.3. The molecule has 8 heteroatoms.